The Morgan fingerprint density at radius 2 is 1.88 bits per heavy atom. The molecule has 0 radical (unpaired) electrons. The van der Waals surface area contributed by atoms with Crippen LogP contribution < -0.4 is 15.5 Å². The van der Waals surface area contributed by atoms with Crippen LogP contribution in [0.5, 0.6) is 0 Å². The highest BCUT2D eigenvalue weighted by Gasteiger charge is 2.10. The van der Waals surface area contributed by atoms with E-state index in [4.69, 9.17) is 0 Å². The second kappa shape index (κ2) is 9.61. The van der Waals surface area contributed by atoms with E-state index < -0.39 is 0 Å². The number of hydrogen-bond donors (Lipinski definition) is 3. The summed E-state index contributed by atoms with van der Waals surface area (Å²) in [6.45, 7) is 9.78. The number of nitrogens with zero attached hydrogens (tertiary/aromatic N) is 2. The molecular weight excluding hydrogens is 342 g/mol. The van der Waals surface area contributed by atoms with Crippen LogP contribution in [0.15, 0.2) is 28.6 Å². The van der Waals surface area contributed by atoms with Crippen LogP contribution in [-0.4, -0.2) is 41.6 Å². The number of carbonyl (C=O) groups excluding carboxylic acids is 1. The fraction of sp³-hybridized carbons (Fsp3) is 0.438. The van der Waals surface area contributed by atoms with E-state index >= 15 is 0 Å². The average Bonchev–Trinajstić information content (AvgIpc) is 3.01. The molecule has 1 aromatic carbocycles. The third-order valence-electron chi connectivity index (χ3n) is 3.62. The molecule has 0 aliphatic heterocycles. The van der Waals surface area contributed by atoms with Gasteiger partial charge in [-0.05, 0) is 32.9 Å². The number of thioether (sulfide) groups is 1. The predicted octanol–water partition coefficient (Wildman–Crippen LogP) is 2.51. The lowest BCUT2D eigenvalue weighted by molar-refractivity contribution is -0.893. The van der Waals surface area contributed by atoms with Gasteiger partial charge in [0.1, 0.15) is 0 Å². The number of quaternary nitrogens is 1. The molecule has 0 aliphatic carbocycles. The van der Waals surface area contributed by atoms with Crippen LogP contribution in [0.2, 0.25) is 0 Å². The fourth-order valence-corrected chi connectivity index (χ4v) is 3.96. The van der Waals surface area contributed by atoms with Gasteiger partial charge in [0.25, 0.3) is 0 Å². The number of carbonyl (C=O) groups is 1. The van der Waals surface area contributed by atoms with Crippen molar-refractivity contribution in [2.75, 3.05) is 36.0 Å². The molecule has 2 aromatic rings. The van der Waals surface area contributed by atoms with Crippen molar-refractivity contribution in [3.8, 4) is 0 Å². The van der Waals surface area contributed by atoms with Crippen molar-refractivity contribution in [1.29, 1.82) is 0 Å². The Morgan fingerprint density at radius 1 is 1.17 bits per heavy atom. The lowest BCUT2D eigenvalue weighted by Gasteiger charge is -2.13. The first-order valence-electron chi connectivity index (χ1n) is 8.05. The van der Waals surface area contributed by atoms with Gasteiger partial charge in [0.05, 0.1) is 19.6 Å². The van der Waals surface area contributed by atoms with E-state index in [2.05, 4.69) is 34.7 Å². The maximum absolute atomic E-state index is 12.0. The highest BCUT2D eigenvalue weighted by atomic mass is 32.2. The number of anilines is 2. The summed E-state index contributed by atoms with van der Waals surface area (Å²) in [6.07, 6.45) is 0. The van der Waals surface area contributed by atoms with Crippen LogP contribution >= 0.6 is 23.1 Å². The minimum Gasteiger partial charge on any atom is -0.335 e. The van der Waals surface area contributed by atoms with E-state index in [1.54, 1.807) is 16.7 Å². The molecule has 6 nitrogen and oxygen atoms in total. The van der Waals surface area contributed by atoms with E-state index in [1.165, 1.54) is 11.3 Å². The normalized spacial score (nSPS) is 10.8. The van der Waals surface area contributed by atoms with E-state index in [9.17, 15) is 4.79 Å². The maximum atomic E-state index is 12.0. The van der Waals surface area contributed by atoms with Crippen LogP contribution in [0.25, 0.3) is 0 Å². The van der Waals surface area contributed by atoms with Gasteiger partial charge in [-0.15, -0.1) is 10.2 Å². The number of aryl methyl sites for hydroxylation is 1. The topological polar surface area (TPSA) is 71.3 Å². The summed E-state index contributed by atoms with van der Waals surface area (Å²) in [6, 6.07) is 7.33. The van der Waals surface area contributed by atoms with Crippen LogP contribution in [0.3, 0.4) is 0 Å². The zero-order valence-electron chi connectivity index (χ0n) is 14.3. The summed E-state index contributed by atoms with van der Waals surface area (Å²) in [4.78, 5) is 13.5. The zero-order chi connectivity index (χ0) is 17.4. The van der Waals surface area contributed by atoms with Crippen LogP contribution in [-0.2, 0) is 0 Å². The van der Waals surface area contributed by atoms with E-state index in [1.807, 2.05) is 31.2 Å². The monoisotopic (exact) mass is 366 g/mol. The summed E-state index contributed by atoms with van der Waals surface area (Å²) >= 11 is 3.09. The van der Waals surface area contributed by atoms with Gasteiger partial charge >= 0.3 is 6.03 Å². The number of rotatable bonds is 8. The van der Waals surface area contributed by atoms with Crippen molar-refractivity contribution < 1.29 is 9.69 Å². The Morgan fingerprint density at radius 3 is 2.54 bits per heavy atom. The Labute approximate surface area is 151 Å². The smallest absolute Gasteiger partial charge is 0.325 e. The molecule has 130 valence electrons. The summed E-state index contributed by atoms with van der Waals surface area (Å²) in [5, 5.41) is 14.1. The number of nitrogens with one attached hydrogen (secondary N) is 3. The fourth-order valence-electron chi connectivity index (χ4n) is 2.10. The van der Waals surface area contributed by atoms with E-state index in [0.717, 1.165) is 41.0 Å². The average molecular weight is 367 g/mol. The van der Waals surface area contributed by atoms with Gasteiger partial charge in [0, 0.05) is 11.4 Å². The van der Waals surface area contributed by atoms with Crippen LogP contribution in [0.1, 0.15) is 19.4 Å². The molecule has 0 saturated heterocycles. The van der Waals surface area contributed by atoms with E-state index in [-0.39, 0.29) is 6.03 Å². The summed E-state index contributed by atoms with van der Waals surface area (Å²) in [7, 11) is 0. The molecule has 1 heterocycles. The second-order valence-electron chi connectivity index (χ2n) is 5.37. The van der Waals surface area contributed by atoms with Gasteiger partial charge < -0.3 is 10.2 Å². The van der Waals surface area contributed by atoms with Gasteiger partial charge in [-0.25, -0.2) is 4.79 Å². The lowest BCUT2D eigenvalue weighted by atomic mass is 10.2. The maximum Gasteiger partial charge on any atom is 0.325 e. The minimum absolute atomic E-state index is 0.306. The first-order valence-corrected chi connectivity index (χ1v) is 9.85. The first kappa shape index (κ1) is 18.7. The molecule has 0 aliphatic rings. The van der Waals surface area contributed by atoms with E-state index in [0.29, 0.717) is 5.13 Å². The summed E-state index contributed by atoms with van der Waals surface area (Å²) in [5.41, 5.74) is 1.90. The zero-order valence-corrected chi connectivity index (χ0v) is 15.9. The van der Waals surface area contributed by atoms with Gasteiger partial charge in [-0.3, -0.25) is 5.32 Å². The predicted molar refractivity (Wildman–Crippen MR) is 101 cm³/mol. The molecule has 0 spiro atoms. The minimum atomic E-state index is -0.306. The molecule has 2 amide bonds. The third-order valence-corrected chi connectivity index (χ3v) is 5.59. The molecule has 0 unspecified atom stereocenters. The molecular formula is C16H24N5OS2+. The number of benzene rings is 1. The molecule has 0 atom stereocenters. The molecule has 0 bridgehead atoms. The Kier molecular flexibility index (Phi) is 7.48. The number of urea groups is 1. The highest BCUT2D eigenvalue weighted by Crippen LogP contribution is 2.25. The Bertz CT molecular complexity index is 640. The number of aromatic nitrogens is 2. The summed E-state index contributed by atoms with van der Waals surface area (Å²) in [5.74, 6) is 1.00. The third kappa shape index (κ3) is 6.10. The summed E-state index contributed by atoms with van der Waals surface area (Å²) < 4.78 is 0.882. The Balaban J connectivity index is 1.78. The van der Waals surface area contributed by atoms with Gasteiger partial charge in [0.2, 0.25) is 5.13 Å². The highest BCUT2D eigenvalue weighted by molar-refractivity contribution is 8.01. The van der Waals surface area contributed by atoms with Gasteiger partial charge in [0.15, 0.2) is 4.34 Å². The number of hydrogen-bond acceptors (Lipinski definition) is 5. The van der Waals surface area contributed by atoms with Crippen molar-refractivity contribution in [3.63, 3.8) is 0 Å². The van der Waals surface area contributed by atoms with Crippen molar-refractivity contribution in [1.82, 2.24) is 10.2 Å². The SMILES string of the molecule is CC[NH+](CC)CCSc1nnc(NC(=O)Nc2ccc(C)cc2)s1. The molecule has 24 heavy (non-hydrogen) atoms. The first-order chi connectivity index (χ1) is 11.6. The lowest BCUT2D eigenvalue weighted by Crippen LogP contribution is -3.11. The standard InChI is InChI=1S/C16H23N5OS2/c1-4-21(5-2)10-11-23-16-20-19-15(24-16)18-14(22)17-13-8-6-12(3)7-9-13/h6-9H,4-5,10-11H2,1-3H3,(H2,17,18,19,22)/p+1. The molecule has 8 heteroatoms. The Hall–Kier alpha value is -1.64. The van der Waals surface area contributed by atoms with Crippen molar-refractivity contribution >= 4 is 39.9 Å². The quantitative estimate of drug-likeness (QED) is 0.496. The molecule has 2 rings (SSSR count). The van der Waals surface area contributed by atoms with Crippen molar-refractivity contribution in [2.24, 2.45) is 0 Å². The second-order valence-corrected chi connectivity index (χ2v) is 7.69. The van der Waals surface area contributed by atoms with Crippen LogP contribution in [0, 0.1) is 6.92 Å². The molecule has 3 N–H and O–H groups in total. The van der Waals surface area contributed by atoms with Gasteiger partial charge in [-0.2, -0.15) is 0 Å². The van der Waals surface area contributed by atoms with Crippen molar-refractivity contribution in [3.05, 3.63) is 29.8 Å². The number of amides is 2. The van der Waals surface area contributed by atoms with Crippen molar-refractivity contribution in [2.45, 2.75) is 25.1 Å². The van der Waals surface area contributed by atoms with Crippen LogP contribution in [0.4, 0.5) is 15.6 Å². The molecule has 1 aromatic heterocycles. The largest absolute Gasteiger partial charge is 0.335 e. The molecule has 0 fully saturated rings. The molecule has 0 saturated carbocycles. The van der Waals surface area contributed by atoms with Gasteiger partial charge in [-0.1, -0.05) is 40.8 Å².